The van der Waals surface area contributed by atoms with Crippen molar-refractivity contribution in [2.45, 2.75) is 6.61 Å². The average Bonchev–Trinajstić information content (AvgIpc) is 3.27. The predicted molar refractivity (Wildman–Crippen MR) is 124 cm³/mol. The number of aromatic nitrogens is 1. The molecule has 0 aliphatic heterocycles. The lowest BCUT2D eigenvalue weighted by Crippen LogP contribution is -1.94. The SMILES string of the molecule is C(=Nc1cccc(-c2nc3ccccc3o2)c1)c1ccc(OCc2ccccc2)cc1. The Morgan fingerprint density at radius 3 is 2.45 bits per heavy atom. The van der Waals surface area contributed by atoms with Gasteiger partial charge in [0, 0.05) is 11.8 Å². The van der Waals surface area contributed by atoms with Crippen LogP contribution in [0.4, 0.5) is 5.69 Å². The molecule has 0 unspecified atom stereocenters. The fourth-order valence-corrected chi connectivity index (χ4v) is 3.26. The molecule has 5 aromatic rings. The van der Waals surface area contributed by atoms with Crippen molar-refractivity contribution in [3.05, 3.63) is 114 Å². The van der Waals surface area contributed by atoms with Gasteiger partial charge in [-0.2, -0.15) is 0 Å². The summed E-state index contributed by atoms with van der Waals surface area (Å²) in [6.07, 6.45) is 1.84. The van der Waals surface area contributed by atoms with Crippen molar-refractivity contribution in [3.63, 3.8) is 0 Å². The van der Waals surface area contributed by atoms with Crippen LogP contribution in [0.25, 0.3) is 22.6 Å². The predicted octanol–water partition coefficient (Wildman–Crippen LogP) is 6.82. The van der Waals surface area contributed by atoms with Crippen molar-refractivity contribution in [1.29, 1.82) is 0 Å². The lowest BCUT2D eigenvalue weighted by atomic mass is 10.2. The Balaban J connectivity index is 1.27. The van der Waals surface area contributed by atoms with Gasteiger partial charge in [0.15, 0.2) is 5.58 Å². The summed E-state index contributed by atoms with van der Waals surface area (Å²) in [5.74, 6) is 1.43. The molecule has 0 saturated heterocycles. The van der Waals surface area contributed by atoms with E-state index in [4.69, 9.17) is 9.15 Å². The van der Waals surface area contributed by atoms with Crippen molar-refractivity contribution in [2.24, 2.45) is 4.99 Å². The number of benzene rings is 4. The van der Waals surface area contributed by atoms with E-state index in [0.717, 1.165) is 39.2 Å². The molecule has 4 aromatic carbocycles. The third kappa shape index (κ3) is 4.54. The number of oxazole rings is 1. The Bertz CT molecular complexity index is 1290. The fraction of sp³-hybridized carbons (Fsp3) is 0.0370. The normalized spacial score (nSPS) is 11.2. The van der Waals surface area contributed by atoms with E-state index in [1.54, 1.807) is 0 Å². The number of fused-ring (bicyclic) bond motifs is 1. The maximum absolute atomic E-state index is 5.86. The van der Waals surface area contributed by atoms with Crippen LogP contribution in [0.5, 0.6) is 5.75 Å². The number of nitrogens with zero attached hydrogens (tertiary/aromatic N) is 2. The van der Waals surface area contributed by atoms with Crippen LogP contribution in [0.2, 0.25) is 0 Å². The second-order valence-corrected chi connectivity index (χ2v) is 7.14. The molecule has 0 amide bonds. The topological polar surface area (TPSA) is 47.6 Å². The molecular formula is C27H20N2O2. The summed E-state index contributed by atoms with van der Waals surface area (Å²) >= 11 is 0. The Kier molecular flexibility index (Phi) is 5.27. The Morgan fingerprint density at radius 1 is 0.806 bits per heavy atom. The van der Waals surface area contributed by atoms with Crippen LogP contribution in [-0.2, 0) is 6.61 Å². The van der Waals surface area contributed by atoms with Crippen molar-refractivity contribution < 1.29 is 9.15 Å². The number of rotatable bonds is 6. The molecule has 4 heteroatoms. The summed E-state index contributed by atoms with van der Waals surface area (Å²) in [4.78, 5) is 9.16. The first-order valence-corrected chi connectivity index (χ1v) is 10.1. The summed E-state index contributed by atoms with van der Waals surface area (Å²) in [6.45, 7) is 0.552. The molecule has 0 aliphatic rings. The molecule has 1 heterocycles. The first-order valence-electron chi connectivity index (χ1n) is 10.1. The van der Waals surface area contributed by atoms with Gasteiger partial charge in [0.25, 0.3) is 0 Å². The summed E-state index contributed by atoms with van der Waals surface area (Å²) in [5.41, 5.74) is 5.51. The Morgan fingerprint density at radius 2 is 1.61 bits per heavy atom. The number of hydrogen-bond acceptors (Lipinski definition) is 4. The molecule has 1 aromatic heterocycles. The van der Waals surface area contributed by atoms with Gasteiger partial charge in [-0.15, -0.1) is 0 Å². The molecule has 150 valence electrons. The van der Waals surface area contributed by atoms with E-state index in [9.17, 15) is 0 Å². The number of para-hydroxylation sites is 2. The van der Waals surface area contributed by atoms with Crippen molar-refractivity contribution in [3.8, 4) is 17.2 Å². The van der Waals surface area contributed by atoms with Gasteiger partial charge in [0.05, 0.1) is 5.69 Å². The summed E-state index contributed by atoms with van der Waals surface area (Å²) in [7, 11) is 0. The van der Waals surface area contributed by atoms with Gasteiger partial charge in [-0.1, -0.05) is 48.5 Å². The van der Waals surface area contributed by atoms with E-state index in [1.807, 2.05) is 97.2 Å². The van der Waals surface area contributed by atoms with Crippen molar-refractivity contribution >= 4 is 23.0 Å². The van der Waals surface area contributed by atoms with Crippen molar-refractivity contribution in [2.75, 3.05) is 0 Å². The molecule has 0 aliphatic carbocycles. The molecule has 0 atom stereocenters. The van der Waals surface area contributed by atoms with Crippen LogP contribution in [0.15, 0.2) is 113 Å². The Hall–Kier alpha value is -4.18. The number of ether oxygens (including phenoxy) is 1. The second kappa shape index (κ2) is 8.67. The Labute approximate surface area is 180 Å². The molecule has 0 saturated carbocycles. The molecule has 0 N–H and O–H groups in total. The molecule has 0 spiro atoms. The third-order valence-electron chi connectivity index (χ3n) is 4.88. The van der Waals surface area contributed by atoms with Gasteiger partial charge in [-0.05, 0) is 65.7 Å². The van der Waals surface area contributed by atoms with Crippen LogP contribution in [0.1, 0.15) is 11.1 Å². The van der Waals surface area contributed by atoms with Crippen LogP contribution in [0.3, 0.4) is 0 Å². The van der Waals surface area contributed by atoms with E-state index in [1.165, 1.54) is 0 Å². The minimum absolute atomic E-state index is 0.552. The zero-order chi connectivity index (χ0) is 20.9. The quantitative estimate of drug-likeness (QED) is 0.292. The van der Waals surface area contributed by atoms with Gasteiger partial charge in [0.1, 0.15) is 17.9 Å². The van der Waals surface area contributed by atoms with E-state index in [0.29, 0.717) is 12.5 Å². The highest BCUT2D eigenvalue weighted by Crippen LogP contribution is 2.27. The maximum Gasteiger partial charge on any atom is 0.227 e. The largest absolute Gasteiger partial charge is 0.489 e. The fourth-order valence-electron chi connectivity index (χ4n) is 3.26. The van der Waals surface area contributed by atoms with Gasteiger partial charge in [-0.3, -0.25) is 4.99 Å². The van der Waals surface area contributed by atoms with Crippen LogP contribution in [0, 0.1) is 0 Å². The summed E-state index contributed by atoms with van der Waals surface area (Å²) in [5, 5.41) is 0. The molecule has 0 radical (unpaired) electrons. The first kappa shape index (κ1) is 18.8. The van der Waals surface area contributed by atoms with Crippen LogP contribution in [-0.4, -0.2) is 11.2 Å². The van der Waals surface area contributed by atoms with E-state index < -0.39 is 0 Å². The van der Waals surface area contributed by atoms with Gasteiger partial charge < -0.3 is 9.15 Å². The average molecular weight is 404 g/mol. The first-order chi connectivity index (χ1) is 15.3. The minimum Gasteiger partial charge on any atom is -0.489 e. The highest BCUT2D eigenvalue weighted by molar-refractivity contribution is 5.83. The van der Waals surface area contributed by atoms with E-state index in [-0.39, 0.29) is 0 Å². The van der Waals surface area contributed by atoms with E-state index >= 15 is 0 Å². The molecule has 0 bridgehead atoms. The molecular weight excluding hydrogens is 384 g/mol. The number of aliphatic imine (C=N–C) groups is 1. The standard InChI is InChI=1S/C27H20N2O2/c1-2-7-21(8-3-1)19-30-24-15-13-20(14-16-24)18-28-23-10-6-9-22(17-23)27-29-25-11-4-5-12-26(25)31-27/h1-18H,19H2. The minimum atomic E-state index is 0.552. The zero-order valence-electron chi connectivity index (χ0n) is 16.8. The van der Waals surface area contributed by atoms with Crippen LogP contribution >= 0.6 is 0 Å². The van der Waals surface area contributed by atoms with Crippen LogP contribution < -0.4 is 4.74 Å². The maximum atomic E-state index is 5.86. The second-order valence-electron chi connectivity index (χ2n) is 7.14. The summed E-state index contributed by atoms with van der Waals surface area (Å²) < 4.78 is 11.7. The lowest BCUT2D eigenvalue weighted by Gasteiger charge is -2.06. The van der Waals surface area contributed by atoms with Gasteiger partial charge >= 0.3 is 0 Å². The zero-order valence-corrected chi connectivity index (χ0v) is 16.8. The van der Waals surface area contributed by atoms with Crippen molar-refractivity contribution in [1.82, 2.24) is 4.98 Å². The van der Waals surface area contributed by atoms with Gasteiger partial charge in [-0.25, -0.2) is 4.98 Å². The molecule has 0 fully saturated rings. The molecule has 4 nitrogen and oxygen atoms in total. The highest BCUT2D eigenvalue weighted by atomic mass is 16.5. The lowest BCUT2D eigenvalue weighted by molar-refractivity contribution is 0.306. The van der Waals surface area contributed by atoms with Gasteiger partial charge in [0.2, 0.25) is 5.89 Å². The smallest absolute Gasteiger partial charge is 0.227 e. The summed E-state index contributed by atoms with van der Waals surface area (Å²) in [6, 6.07) is 33.6. The number of hydrogen-bond donors (Lipinski definition) is 0. The third-order valence-corrected chi connectivity index (χ3v) is 4.88. The molecule has 5 rings (SSSR count). The molecule has 31 heavy (non-hydrogen) atoms. The highest BCUT2D eigenvalue weighted by Gasteiger charge is 2.07. The van der Waals surface area contributed by atoms with E-state index in [2.05, 4.69) is 22.1 Å². The monoisotopic (exact) mass is 404 g/mol.